The smallest absolute Gasteiger partial charge is 0.238 e. The predicted octanol–water partition coefficient (Wildman–Crippen LogP) is 3.06. The van der Waals surface area contributed by atoms with Gasteiger partial charge in [-0.25, -0.2) is 18.5 Å². The van der Waals surface area contributed by atoms with Gasteiger partial charge >= 0.3 is 0 Å². The van der Waals surface area contributed by atoms with Crippen LogP contribution < -0.4 is 10.5 Å². The molecule has 4 rings (SSSR count). The number of para-hydroxylation sites is 1. The van der Waals surface area contributed by atoms with Crippen molar-refractivity contribution in [1.29, 1.82) is 0 Å². The summed E-state index contributed by atoms with van der Waals surface area (Å²) in [6.45, 7) is 0.249. The lowest BCUT2D eigenvalue weighted by Gasteiger charge is -2.04. The van der Waals surface area contributed by atoms with Crippen LogP contribution in [-0.4, -0.2) is 19.3 Å². The van der Waals surface area contributed by atoms with Gasteiger partial charge in [0.2, 0.25) is 15.9 Å². The number of amides is 1. The molecule has 7 nitrogen and oxygen atoms in total. The van der Waals surface area contributed by atoms with Crippen LogP contribution in [0.5, 0.6) is 0 Å². The van der Waals surface area contributed by atoms with Gasteiger partial charge in [0.25, 0.3) is 0 Å². The number of nitrogens with zero attached hydrogens (tertiary/aromatic N) is 1. The minimum atomic E-state index is -3.74. The van der Waals surface area contributed by atoms with Gasteiger partial charge in [0.05, 0.1) is 28.1 Å². The molecular formula is C20H17N3O4S2. The lowest BCUT2D eigenvalue weighted by Crippen LogP contribution is -2.24. The monoisotopic (exact) mass is 427 g/mol. The fourth-order valence-electron chi connectivity index (χ4n) is 2.80. The molecule has 0 saturated heterocycles. The van der Waals surface area contributed by atoms with Gasteiger partial charge in [-0.1, -0.05) is 24.3 Å². The van der Waals surface area contributed by atoms with Gasteiger partial charge in [-0.3, -0.25) is 4.79 Å². The Morgan fingerprint density at radius 1 is 1.07 bits per heavy atom. The van der Waals surface area contributed by atoms with Crippen LogP contribution in [0.2, 0.25) is 0 Å². The average molecular weight is 428 g/mol. The zero-order chi connectivity index (χ0) is 20.4. The molecule has 2 aromatic heterocycles. The van der Waals surface area contributed by atoms with Crippen LogP contribution in [0.1, 0.15) is 11.3 Å². The first-order valence-corrected chi connectivity index (χ1v) is 11.1. The molecule has 0 saturated carbocycles. The maximum atomic E-state index is 12.2. The molecule has 0 fully saturated rings. The van der Waals surface area contributed by atoms with E-state index < -0.39 is 10.0 Å². The molecule has 0 aliphatic rings. The quantitative estimate of drug-likeness (QED) is 0.491. The molecule has 4 aromatic rings. The Hall–Kier alpha value is -3.01. The Labute approximate surface area is 171 Å². The zero-order valence-corrected chi connectivity index (χ0v) is 16.8. The van der Waals surface area contributed by atoms with E-state index >= 15 is 0 Å². The van der Waals surface area contributed by atoms with Crippen molar-refractivity contribution in [1.82, 2.24) is 10.3 Å². The number of benzene rings is 2. The summed E-state index contributed by atoms with van der Waals surface area (Å²) >= 11 is 1.55. The molecule has 1 amide bonds. The van der Waals surface area contributed by atoms with Crippen LogP contribution in [-0.2, 0) is 27.8 Å². The summed E-state index contributed by atoms with van der Waals surface area (Å²) < 4.78 is 29.4. The van der Waals surface area contributed by atoms with Crippen LogP contribution in [0.3, 0.4) is 0 Å². The highest BCUT2D eigenvalue weighted by atomic mass is 32.2. The molecule has 29 heavy (non-hydrogen) atoms. The third-order valence-corrected chi connectivity index (χ3v) is 6.22. The summed E-state index contributed by atoms with van der Waals surface area (Å²) in [5.74, 6) is 1.08. The van der Waals surface area contributed by atoms with E-state index in [2.05, 4.69) is 10.3 Å². The van der Waals surface area contributed by atoms with E-state index in [1.807, 2.05) is 36.4 Å². The van der Waals surface area contributed by atoms with Crippen molar-refractivity contribution in [2.24, 2.45) is 5.14 Å². The minimum Gasteiger partial charge on any atom is -0.457 e. The van der Waals surface area contributed by atoms with Crippen LogP contribution in [0.25, 0.3) is 21.0 Å². The molecule has 0 aliphatic heterocycles. The predicted molar refractivity (Wildman–Crippen MR) is 111 cm³/mol. The van der Waals surface area contributed by atoms with Gasteiger partial charge in [-0.05, 0) is 42.0 Å². The number of rotatable bonds is 6. The highest BCUT2D eigenvalue weighted by Gasteiger charge is 2.12. The molecular weight excluding hydrogens is 410 g/mol. The molecule has 0 radical (unpaired) electrons. The van der Waals surface area contributed by atoms with E-state index in [1.165, 1.54) is 12.1 Å². The maximum absolute atomic E-state index is 12.2. The first-order chi connectivity index (χ1) is 13.9. The highest BCUT2D eigenvalue weighted by molar-refractivity contribution is 7.89. The summed E-state index contributed by atoms with van der Waals surface area (Å²) in [7, 11) is -3.74. The van der Waals surface area contributed by atoms with E-state index in [4.69, 9.17) is 9.56 Å². The Morgan fingerprint density at radius 2 is 1.83 bits per heavy atom. The largest absolute Gasteiger partial charge is 0.457 e. The number of nitrogens with one attached hydrogen (secondary N) is 1. The van der Waals surface area contributed by atoms with E-state index in [0.29, 0.717) is 17.1 Å². The van der Waals surface area contributed by atoms with E-state index in [9.17, 15) is 13.2 Å². The molecule has 2 aromatic carbocycles. The van der Waals surface area contributed by atoms with Crippen molar-refractivity contribution in [2.75, 3.05) is 0 Å². The number of carbonyl (C=O) groups excluding carboxylic acids is 1. The van der Waals surface area contributed by atoms with Crippen LogP contribution in [0.4, 0.5) is 0 Å². The number of aromatic nitrogens is 1. The van der Waals surface area contributed by atoms with E-state index in [-0.39, 0.29) is 23.8 Å². The van der Waals surface area contributed by atoms with Gasteiger partial charge in [0.1, 0.15) is 5.76 Å². The van der Waals surface area contributed by atoms with Gasteiger partial charge in [-0.2, -0.15) is 0 Å². The molecule has 0 atom stereocenters. The number of nitrogens with two attached hydrogens (primary N) is 1. The van der Waals surface area contributed by atoms with Crippen LogP contribution in [0.15, 0.2) is 70.0 Å². The maximum Gasteiger partial charge on any atom is 0.238 e. The lowest BCUT2D eigenvalue weighted by molar-refractivity contribution is -0.120. The number of furan rings is 1. The topological polar surface area (TPSA) is 115 Å². The molecule has 0 unspecified atom stereocenters. The number of primary sulfonamides is 1. The van der Waals surface area contributed by atoms with Crippen molar-refractivity contribution in [3.8, 4) is 10.8 Å². The average Bonchev–Trinajstić information content (AvgIpc) is 3.33. The highest BCUT2D eigenvalue weighted by Crippen LogP contribution is 2.31. The Balaban J connectivity index is 1.36. The molecule has 0 aliphatic carbocycles. The molecule has 0 bridgehead atoms. The molecule has 2 heterocycles. The first kappa shape index (κ1) is 19.3. The number of thiazole rings is 1. The first-order valence-electron chi connectivity index (χ1n) is 8.71. The SMILES string of the molecule is NS(=O)(=O)c1ccc(CC(=O)NCc2ccc(-c3nc4ccccc4s3)o2)cc1. The number of hydrogen-bond acceptors (Lipinski definition) is 6. The van der Waals surface area contributed by atoms with Gasteiger partial charge in [-0.15, -0.1) is 11.3 Å². The standard InChI is InChI=1S/C20H17N3O4S2/c21-29(25,26)15-8-5-13(6-9-15)11-19(24)22-12-14-7-10-17(27-14)20-23-16-3-1-2-4-18(16)28-20/h1-10H,11-12H2,(H,22,24)(H2,21,25,26). The van der Waals surface area contributed by atoms with Crippen molar-refractivity contribution in [3.05, 3.63) is 72.0 Å². The number of carbonyl (C=O) groups is 1. The third-order valence-electron chi connectivity index (χ3n) is 4.24. The summed E-state index contributed by atoms with van der Waals surface area (Å²) in [5.41, 5.74) is 1.61. The second-order valence-electron chi connectivity index (χ2n) is 6.40. The Kier molecular flexibility index (Phi) is 5.18. The normalized spacial score (nSPS) is 11.6. The van der Waals surface area contributed by atoms with Crippen LogP contribution >= 0.6 is 11.3 Å². The van der Waals surface area contributed by atoms with Crippen molar-refractivity contribution < 1.29 is 17.6 Å². The Bertz CT molecular complexity index is 1240. The number of sulfonamides is 1. The number of fused-ring (bicyclic) bond motifs is 1. The summed E-state index contributed by atoms with van der Waals surface area (Å²) in [4.78, 5) is 16.7. The minimum absolute atomic E-state index is 0.0135. The zero-order valence-electron chi connectivity index (χ0n) is 15.2. The number of hydrogen-bond donors (Lipinski definition) is 2. The van der Waals surface area contributed by atoms with Crippen molar-refractivity contribution in [2.45, 2.75) is 17.9 Å². The lowest BCUT2D eigenvalue weighted by atomic mass is 10.1. The van der Waals surface area contributed by atoms with Gasteiger partial charge in [0, 0.05) is 0 Å². The Morgan fingerprint density at radius 3 is 2.55 bits per heavy atom. The summed E-state index contributed by atoms with van der Waals surface area (Å²) in [6, 6.07) is 17.4. The second-order valence-corrected chi connectivity index (χ2v) is 8.99. The van der Waals surface area contributed by atoms with Crippen molar-refractivity contribution >= 4 is 37.5 Å². The van der Waals surface area contributed by atoms with E-state index in [1.54, 1.807) is 23.5 Å². The molecule has 0 spiro atoms. The van der Waals surface area contributed by atoms with Gasteiger partial charge < -0.3 is 9.73 Å². The molecule has 3 N–H and O–H groups in total. The van der Waals surface area contributed by atoms with Crippen molar-refractivity contribution in [3.63, 3.8) is 0 Å². The van der Waals surface area contributed by atoms with E-state index in [0.717, 1.165) is 15.2 Å². The van der Waals surface area contributed by atoms with Gasteiger partial charge in [0.15, 0.2) is 10.8 Å². The fraction of sp³-hybridized carbons (Fsp3) is 0.100. The summed E-state index contributed by atoms with van der Waals surface area (Å²) in [6.07, 6.45) is 0.121. The molecule has 9 heteroatoms. The summed E-state index contributed by atoms with van der Waals surface area (Å²) in [5, 5.41) is 8.65. The van der Waals surface area contributed by atoms with Crippen LogP contribution in [0, 0.1) is 0 Å². The fourth-order valence-corrected chi connectivity index (χ4v) is 4.24. The second kappa shape index (κ2) is 7.78. The third kappa shape index (κ3) is 4.53. The molecule has 148 valence electrons.